The van der Waals surface area contributed by atoms with Gasteiger partial charge in [-0.2, -0.15) is 5.10 Å². The minimum Gasteiger partial charge on any atom is -0.353 e. The van der Waals surface area contributed by atoms with Crippen LogP contribution in [0.2, 0.25) is 0 Å². The lowest BCUT2D eigenvalue weighted by atomic mass is 10.1. The van der Waals surface area contributed by atoms with Crippen molar-refractivity contribution in [1.29, 1.82) is 0 Å². The third-order valence-electron chi connectivity index (χ3n) is 3.37. The molecule has 3 rings (SSSR count). The molecule has 0 saturated heterocycles. The van der Waals surface area contributed by atoms with Crippen molar-refractivity contribution in [3.05, 3.63) is 53.9 Å². The standard InChI is InChI=1S/C16H17FN6O/c1-23(2)8-11-4-6-14(20-11)16(24)21-10-3-5-13(17)12(7-10)15-18-9-19-22-15/h3-7,9,20H,8H2,1-2H3,(H,21,24)(H,18,19,22). The lowest BCUT2D eigenvalue weighted by molar-refractivity contribution is 0.102. The molecule has 2 heterocycles. The first-order chi connectivity index (χ1) is 11.5. The van der Waals surface area contributed by atoms with Gasteiger partial charge in [0.1, 0.15) is 17.8 Å². The van der Waals surface area contributed by atoms with E-state index in [2.05, 4.69) is 25.5 Å². The van der Waals surface area contributed by atoms with Gasteiger partial charge < -0.3 is 15.2 Å². The first-order valence-corrected chi connectivity index (χ1v) is 7.32. The zero-order valence-electron chi connectivity index (χ0n) is 13.3. The number of aromatic nitrogens is 4. The van der Waals surface area contributed by atoms with E-state index in [-0.39, 0.29) is 11.5 Å². The number of hydrogen-bond acceptors (Lipinski definition) is 4. The van der Waals surface area contributed by atoms with Crippen molar-refractivity contribution in [2.75, 3.05) is 19.4 Å². The van der Waals surface area contributed by atoms with Gasteiger partial charge >= 0.3 is 0 Å². The van der Waals surface area contributed by atoms with Gasteiger partial charge in [0.2, 0.25) is 0 Å². The van der Waals surface area contributed by atoms with Crippen LogP contribution in [0.1, 0.15) is 16.2 Å². The molecule has 0 spiro atoms. The summed E-state index contributed by atoms with van der Waals surface area (Å²) in [4.78, 5) is 21.3. The Labute approximate surface area is 137 Å². The molecule has 2 aromatic heterocycles. The average Bonchev–Trinajstić information content (AvgIpc) is 3.20. The van der Waals surface area contributed by atoms with E-state index >= 15 is 0 Å². The number of carbonyl (C=O) groups is 1. The van der Waals surface area contributed by atoms with Crippen molar-refractivity contribution in [3.63, 3.8) is 0 Å². The summed E-state index contributed by atoms with van der Waals surface area (Å²) in [7, 11) is 3.90. The lowest BCUT2D eigenvalue weighted by Crippen LogP contribution is -2.14. The van der Waals surface area contributed by atoms with Crippen molar-refractivity contribution >= 4 is 11.6 Å². The predicted octanol–water partition coefficient (Wildman–Crippen LogP) is 2.25. The van der Waals surface area contributed by atoms with Crippen molar-refractivity contribution in [1.82, 2.24) is 25.1 Å². The zero-order chi connectivity index (χ0) is 17.1. The maximum atomic E-state index is 13.9. The van der Waals surface area contributed by atoms with E-state index in [1.165, 1.54) is 24.5 Å². The summed E-state index contributed by atoms with van der Waals surface area (Å²) in [6.07, 6.45) is 1.30. The number of benzene rings is 1. The number of hydrogen-bond donors (Lipinski definition) is 3. The van der Waals surface area contributed by atoms with Gasteiger partial charge in [-0.05, 0) is 44.4 Å². The topological polar surface area (TPSA) is 89.7 Å². The minimum absolute atomic E-state index is 0.241. The Hall–Kier alpha value is -3.00. The minimum atomic E-state index is -0.446. The molecule has 0 aliphatic heterocycles. The molecular weight excluding hydrogens is 311 g/mol. The second-order valence-electron chi connectivity index (χ2n) is 5.62. The normalized spacial score (nSPS) is 11.0. The summed E-state index contributed by atoms with van der Waals surface area (Å²) >= 11 is 0. The molecule has 3 N–H and O–H groups in total. The van der Waals surface area contributed by atoms with Crippen LogP contribution < -0.4 is 5.32 Å². The number of rotatable bonds is 5. The number of H-pyrrole nitrogens is 2. The third kappa shape index (κ3) is 3.49. The quantitative estimate of drug-likeness (QED) is 0.670. The molecule has 0 saturated carbocycles. The summed E-state index contributed by atoms with van der Waals surface area (Å²) in [6.45, 7) is 0.708. The zero-order valence-corrected chi connectivity index (χ0v) is 13.3. The van der Waals surface area contributed by atoms with Crippen LogP contribution in [0, 0.1) is 5.82 Å². The molecule has 1 aromatic carbocycles. The van der Waals surface area contributed by atoms with Crippen molar-refractivity contribution in [2.45, 2.75) is 6.54 Å². The number of aromatic amines is 2. The molecule has 7 nitrogen and oxygen atoms in total. The van der Waals surface area contributed by atoms with Gasteiger partial charge in [-0.15, -0.1) is 0 Å². The molecule has 0 fully saturated rings. The van der Waals surface area contributed by atoms with Crippen LogP contribution >= 0.6 is 0 Å². The van der Waals surface area contributed by atoms with Crippen molar-refractivity contribution in [2.24, 2.45) is 0 Å². The Kier molecular flexibility index (Phi) is 4.39. The predicted molar refractivity (Wildman–Crippen MR) is 87.9 cm³/mol. The Bertz CT molecular complexity index is 840. The van der Waals surface area contributed by atoms with Gasteiger partial charge in [0, 0.05) is 17.9 Å². The van der Waals surface area contributed by atoms with Gasteiger partial charge in [-0.1, -0.05) is 0 Å². The summed E-state index contributed by atoms with van der Waals surface area (Å²) in [5.74, 6) is -0.440. The van der Waals surface area contributed by atoms with E-state index in [9.17, 15) is 9.18 Å². The second-order valence-corrected chi connectivity index (χ2v) is 5.62. The Morgan fingerprint density at radius 1 is 1.29 bits per heavy atom. The summed E-state index contributed by atoms with van der Waals surface area (Å²) < 4.78 is 13.9. The van der Waals surface area contributed by atoms with E-state index in [1.807, 2.05) is 25.1 Å². The second kappa shape index (κ2) is 6.63. The smallest absolute Gasteiger partial charge is 0.272 e. The van der Waals surface area contributed by atoms with Crippen molar-refractivity contribution < 1.29 is 9.18 Å². The molecule has 0 aliphatic carbocycles. The third-order valence-corrected chi connectivity index (χ3v) is 3.37. The number of amides is 1. The largest absolute Gasteiger partial charge is 0.353 e. The fourth-order valence-electron chi connectivity index (χ4n) is 2.32. The number of halogens is 1. The SMILES string of the molecule is CN(C)Cc1ccc(C(=O)Nc2ccc(F)c(-c3ncn[nH]3)c2)[nH]1. The molecule has 0 bridgehead atoms. The molecule has 0 atom stereocenters. The fourth-order valence-corrected chi connectivity index (χ4v) is 2.32. The van der Waals surface area contributed by atoms with Gasteiger partial charge in [0.25, 0.3) is 5.91 Å². The van der Waals surface area contributed by atoms with E-state index < -0.39 is 5.82 Å². The number of anilines is 1. The van der Waals surface area contributed by atoms with E-state index in [1.54, 1.807) is 6.07 Å². The van der Waals surface area contributed by atoms with Crippen LogP contribution in [-0.4, -0.2) is 45.1 Å². The molecule has 0 aliphatic rings. The van der Waals surface area contributed by atoms with Crippen molar-refractivity contribution in [3.8, 4) is 11.4 Å². The van der Waals surface area contributed by atoms with Gasteiger partial charge in [0.05, 0.1) is 5.56 Å². The Morgan fingerprint density at radius 2 is 2.12 bits per heavy atom. The average molecular weight is 328 g/mol. The monoisotopic (exact) mass is 328 g/mol. The lowest BCUT2D eigenvalue weighted by Gasteiger charge is -2.08. The van der Waals surface area contributed by atoms with E-state index in [0.717, 1.165) is 5.69 Å². The van der Waals surface area contributed by atoms with Gasteiger partial charge in [0.15, 0.2) is 5.82 Å². The van der Waals surface area contributed by atoms with Crippen LogP contribution in [0.4, 0.5) is 10.1 Å². The highest BCUT2D eigenvalue weighted by Gasteiger charge is 2.13. The molecule has 0 radical (unpaired) electrons. The maximum Gasteiger partial charge on any atom is 0.272 e. The van der Waals surface area contributed by atoms with E-state index in [4.69, 9.17) is 0 Å². The highest BCUT2D eigenvalue weighted by Crippen LogP contribution is 2.23. The number of carbonyl (C=O) groups excluding carboxylic acids is 1. The number of nitrogens with one attached hydrogen (secondary N) is 3. The van der Waals surface area contributed by atoms with Crippen LogP contribution in [0.5, 0.6) is 0 Å². The van der Waals surface area contributed by atoms with Crippen LogP contribution in [0.15, 0.2) is 36.7 Å². The Morgan fingerprint density at radius 3 is 2.83 bits per heavy atom. The Balaban J connectivity index is 1.77. The highest BCUT2D eigenvalue weighted by atomic mass is 19.1. The first kappa shape index (κ1) is 15.9. The molecule has 24 heavy (non-hydrogen) atoms. The summed E-state index contributed by atoms with van der Waals surface area (Å²) in [5.41, 5.74) is 2.09. The highest BCUT2D eigenvalue weighted by molar-refractivity contribution is 6.03. The molecule has 3 aromatic rings. The summed E-state index contributed by atoms with van der Waals surface area (Å²) in [6, 6.07) is 7.86. The summed E-state index contributed by atoms with van der Waals surface area (Å²) in [5, 5.41) is 9.05. The van der Waals surface area contributed by atoms with E-state index in [0.29, 0.717) is 23.8 Å². The van der Waals surface area contributed by atoms with Crippen LogP contribution in [0.25, 0.3) is 11.4 Å². The fraction of sp³-hybridized carbons (Fsp3) is 0.188. The molecule has 1 amide bonds. The molecule has 8 heteroatoms. The first-order valence-electron chi connectivity index (χ1n) is 7.32. The van der Waals surface area contributed by atoms with Gasteiger partial charge in [-0.25, -0.2) is 9.37 Å². The molecule has 0 unspecified atom stereocenters. The van der Waals surface area contributed by atoms with Gasteiger partial charge in [-0.3, -0.25) is 9.89 Å². The molecule has 124 valence electrons. The van der Waals surface area contributed by atoms with Crippen LogP contribution in [-0.2, 0) is 6.54 Å². The molecular formula is C16H17FN6O. The maximum absolute atomic E-state index is 13.9. The van der Waals surface area contributed by atoms with Crippen LogP contribution in [0.3, 0.4) is 0 Å². The number of nitrogens with zero attached hydrogens (tertiary/aromatic N) is 3.